The zero-order valence-corrected chi connectivity index (χ0v) is 12.1. The molecule has 0 fully saturated rings. The molecule has 0 aliphatic carbocycles. The minimum absolute atomic E-state index is 0.0314. The molecule has 1 aromatic carbocycles. The van der Waals surface area contributed by atoms with Gasteiger partial charge in [-0.3, -0.25) is 4.79 Å². The zero-order chi connectivity index (χ0) is 11.6. The molecule has 1 N–H and O–H groups in total. The minimum Gasteiger partial charge on any atom is -0.325 e. The van der Waals surface area contributed by atoms with Crippen molar-refractivity contribution < 1.29 is 4.79 Å². The molecular formula is C11H13Br2NO. The van der Waals surface area contributed by atoms with Crippen molar-refractivity contribution in [2.45, 2.75) is 25.6 Å². The van der Waals surface area contributed by atoms with Crippen LogP contribution in [0.1, 0.15) is 18.1 Å². The van der Waals surface area contributed by atoms with E-state index in [9.17, 15) is 4.79 Å². The highest BCUT2D eigenvalue weighted by Gasteiger charge is 2.10. The third kappa shape index (κ3) is 3.31. The molecule has 1 unspecified atom stereocenters. The Bertz CT molecular complexity index is 365. The van der Waals surface area contributed by atoms with Gasteiger partial charge in [0.15, 0.2) is 0 Å². The third-order valence-electron chi connectivity index (χ3n) is 2.07. The fourth-order valence-corrected chi connectivity index (χ4v) is 1.60. The Morgan fingerprint density at radius 1 is 1.33 bits per heavy atom. The van der Waals surface area contributed by atoms with E-state index in [0.717, 1.165) is 21.3 Å². The Kier molecular flexibility index (Phi) is 4.34. The van der Waals surface area contributed by atoms with Gasteiger partial charge in [-0.25, -0.2) is 0 Å². The summed E-state index contributed by atoms with van der Waals surface area (Å²) in [6.07, 6.45) is 0. The molecule has 0 aliphatic rings. The van der Waals surface area contributed by atoms with Crippen molar-refractivity contribution in [1.29, 1.82) is 0 Å². The van der Waals surface area contributed by atoms with Gasteiger partial charge in [-0.15, -0.1) is 0 Å². The quantitative estimate of drug-likeness (QED) is 0.819. The van der Waals surface area contributed by atoms with E-state index in [4.69, 9.17) is 0 Å². The minimum atomic E-state index is -0.179. The average molecular weight is 335 g/mol. The van der Waals surface area contributed by atoms with Gasteiger partial charge in [0.1, 0.15) is 0 Å². The van der Waals surface area contributed by atoms with Gasteiger partial charge in [0, 0.05) is 10.2 Å². The van der Waals surface area contributed by atoms with Crippen molar-refractivity contribution in [2.75, 3.05) is 5.32 Å². The number of rotatable bonds is 2. The van der Waals surface area contributed by atoms with Crippen LogP contribution in [0.15, 0.2) is 16.6 Å². The van der Waals surface area contributed by atoms with Gasteiger partial charge in [-0.1, -0.05) is 31.9 Å². The summed E-state index contributed by atoms with van der Waals surface area (Å²) in [5.41, 5.74) is 3.07. The van der Waals surface area contributed by atoms with E-state index in [0.29, 0.717) is 0 Å². The molecule has 1 rings (SSSR count). The number of benzene rings is 1. The summed E-state index contributed by atoms with van der Waals surface area (Å²) in [5.74, 6) is -0.0314. The summed E-state index contributed by atoms with van der Waals surface area (Å²) in [6.45, 7) is 5.81. The first kappa shape index (κ1) is 12.7. The maximum absolute atomic E-state index is 11.5. The predicted octanol–water partition coefficient (Wildman–Crippen LogP) is 3.79. The van der Waals surface area contributed by atoms with Crippen LogP contribution in [0.5, 0.6) is 0 Å². The predicted molar refractivity (Wildman–Crippen MR) is 70.6 cm³/mol. The van der Waals surface area contributed by atoms with Gasteiger partial charge in [-0.05, 0) is 44.0 Å². The molecule has 0 aliphatic heterocycles. The van der Waals surface area contributed by atoms with Crippen LogP contribution >= 0.6 is 31.9 Å². The van der Waals surface area contributed by atoms with Crippen LogP contribution in [0.25, 0.3) is 0 Å². The molecular weight excluding hydrogens is 322 g/mol. The van der Waals surface area contributed by atoms with Crippen molar-refractivity contribution in [1.82, 2.24) is 0 Å². The number of alkyl halides is 1. The number of halogens is 2. The number of aryl methyl sites for hydroxylation is 2. The number of hydrogen-bond donors (Lipinski definition) is 1. The van der Waals surface area contributed by atoms with Crippen LogP contribution in [-0.2, 0) is 4.79 Å². The van der Waals surface area contributed by atoms with Gasteiger partial charge < -0.3 is 5.32 Å². The molecule has 0 saturated heterocycles. The number of carbonyl (C=O) groups excluding carboxylic acids is 1. The average Bonchev–Trinajstić information content (AvgIpc) is 2.13. The van der Waals surface area contributed by atoms with E-state index in [1.54, 1.807) is 6.92 Å². The van der Waals surface area contributed by atoms with Crippen LogP contribution in [0.3, 0.4) is 0 Å². The van der Waals surface area contributed by atoms with E-state index in [2.05, 4.69) is 37.2 Å². The van der Waals surface area contributed by atoms with E-state index in [1.807, 2.05) is 26.0 Å². The lowest BCUT2D eigenvalue weighted by Crippen LogP contribution is -2.20. The van der Waals surface area contributed by atoms with Gasteiger partial charge in [0.2, 0.25) is 5.91 Å². The topological polar surface area (TPSA) is 29.1 Å². The Labute approximate surface area is 107 Å². The molecule has 0 spiro atoms. The Hall–Kier alpha value is -0.350. The Morgan fingerprint density at radius 3 is 2.20 bits per heavy atom. The first-order valence-electron chi connectivity index (χ1n) is 4.63. The van der Waals surface area contributed by atoms with E-state index >= 15 is 0 Å². The molecule has 15 heavy (non-hydrogen) atoms. The summed E-state index contributed by atoms with van der Waals surface area (Å²) in [7, 11) is 0. The molecule has 0 bridgehead atoms. The number of hydrogen-bond acceptors (Lipinski definition) is 1. The second-order valence-electron chi connectivity index (χ2n) is 3.53. The second-order valence-corrected chi connectivity index (χ2v) is 5.70. The molecule has 2 nitrogen and oxygen atoms in total. The highest BCUT2D eigenvalue weighted by molar-refractivity contribution is 9.10. The van der Waals surface area contributed by atoms with Crippen molar-refractivity contribution in [3.63, 3.8) is 0 Å². The number of nitrogens with one attached hydrogen (secondary N) is 1. The molecule has 82 valence electrons. The fraction of sp³-hybridized carbons (Fsp3) is 0.364. The molecule has 0 heterocycles. The smallest absolute Gasteiger partial charge is 0.237 e. The van der Waals surface area contributed by atoms with Crippen LogP contribution in [0.4, 0.5) is 5.69 Å². The summed E-state index contributed by atoms with van der Waals surface area (Å²) in [5, 5.41) is 2.84. The monoisotopic (exact) mass is 333 g/mol. The van der Waals surface area contributed by atoms with Gasteiger partial charge in [0.05, 0.1) is 4.83 Å². The summed E-state index contributed by atoms with van der Waals surface area (Å²) >= 11 is 6.71. The summed E-state index contributed by atoms with van der Waals surface area (Å²) in [6, 6.07) is 3.90. The first-order valence-corrected chi connectivity index (χ1v) is 6.34. The molecule has 0 saturated carbocycles. The second kappa shape index (κ2) is 5.12. The van der Waals surface area contributed by atoms with Crippen molar-refractivity contribution >= 4 is 43.5 Å². The normalized spacial score (nSPS) is 12.3. The maximum Gasteiger partial charge on any atom is 0.237 e. The molecule has 4 heteroatoms. The lowest BCUT2D eigenvalue weighted by Gasteiger charge is -2.10. The molecule has 1 amide bonds. The standard InChI is InChI=1S/C11H13Br2NO/c1-6-4-9(5-7(2)10(6)13)14-11(15)8(3)12/h4-5,8H,1-3H3,(H,14,15). The first-order chi connectivity index (χ1) is 6.91. The highest BCUT2D eigenvalue weighted by Crippen LogP contribution is 2.25. The third-order valence-corrected chi connectivity index (χ3v) is 3.73. The Morgan fingerprint density at radius 2 is 1.80 bits per heavy atom. The van der Waals surface area contributed by atoms with E-state index in [1.165, 1.54) is 0 Å². The van der Waals surface area contributed by atoms with Gasteiger partial charge in [-0.2, -0.15) is 0 Å². The summed E-state index contributed by atoms with van der Waals surface area (Å²) < 4.78 is 1.09. The lowest BCUT2D eigenvalue weighted by atomic mass is 10.1. The number of carbonyl (C=O) groups is 1. The highest BCUT2D eigenvalue weighted by atomic mass is 79.9. The fourth-order valence-electron chi connectivity index (χ4n) is 1.26. The van der Waals surface area contributed by atoms with Crippen LogP contribution in [-0.4, -0.2) is 10.7 Å². The lowest BCUT2D eigenvalue weighted by molar-refractivity contribution is -0.115. The van der Waals surface area contributed by atoms with Crippen molar-refractivity contribution in [2.24, 2.45) is 0 Å². The van der Waals surface area contributed by atoms with Crippen molar-refractivity contribution in [3.05, 3.63) is 27.7 Å². The number of anilines is 1. The number of amides is 1. The molecule has 0 radical (unpaired) electrons. The summed E-state index contributed by atoms with van der Waals surface area (Å²) in [4.78, 5) is 11.3. The zero-order valence-electron chi connectivity index (χ0n) is 8.90. The molecule has 1 atom stereocenters. The largest absolute Gasteiger partial charge is 0.325 e. The maximum atomic E-state index is 11.5. The van der Waals surface area contributed by atoms with Crippen LogP contribution < -0.4 is 5.32 Å². The van der Waals surface area contributed by atoms with E-state index < -0.39 is 0 Å². The van der Waals surface area contributed by atoms with E-state index in [-0.39, 0.29) is 10.7 Å². The van der Waals surface area contributed by atoms with Gasteiger partial charge >= 0.3 is 0 Å². The van der Waals surface area contributed by atoms with Gasteiger partial charge in [0.25, 0.3) is 0 Å². The Balaban J connectivity index is 2.93. The molecule has 1 aromatic rings. The molecule has 0 aromatic heterocycles. The van der Waals surface area contributed by atoms with Crippen molar-refractivity contribution in [3.8, 4) is 0 Å². The van der Waals surface area contributed by atoms with Crippen LogP contribution in [0, 0.1) is 13.8 Å². The van der Waals surface area contributed by atoms with Crippen LogP contribution in [0.2, 0.25) is 0 Å². The SMILES string of the molecule is Cc1cc(NC(=O)C(C)Br)cc(C)c1Br.